The lowest BCUT2D eigenvalue weighted by atomic mass is 10.2. The fourth-order valence-corrected chi connectivity index (χ4v) is 1.26. The molecule has 2 aromatic rings. The molecular weight excluding hydrogens is 234 g/mol. The number of hydrogen-bond acceptors (Lipinski definition) is 4. The maximum absolute atomic E-state index is 4.17. The number of nitrogens with zero attached hydrogens (tertiary/aromatic N) is 4. The van der Waals surface area contributed by atoms with Crippen molar-refractivity contribution >= 4 is 15.9 Å². The van der Waals surface area contributed by atoms with Crippen LogP contribution in [0.5, 0.6) is 0 Å². The fraction of sp³-hybridized carbons (Fsp3) is 0.143. The van der Waals surface area contributed by atoms with Gasteiger partial charge in [-0.05, 0) is 34.1 Å². The van der Waals surface area contributed by atoms with Crippen LogP contribution in [0.15, 0.2) is 16.7 Å². The van der Waals surface area contributed by atoms with Gasteiger partial charge >= 0.3 is 0 Å². The third-order valence-electron chi connectivity index (χ3n) is 1.63. The summed E-state index contributed by atoms with van der Waals surface area (Å²) >= 11 is 3.38. The van der Waals surface area contributed by atoms with Gasteiger partial charge in [-0.1, -0.05) is 0 Å². The van der Waals surface area contributed by atoms with E-state index in [2.05, 4.69) is 41.5 Å². The van der Waals surface area contributed by atoms with Crippen LogP contribution in [0.2, 0.25) is 0 Å². The molecule has 0 aliphatic carbocycles. The number of rotatable bonds is 1. The van der Waals surface area contributed by atoms with E-state index in [1.807, 2.05) is 13.0 Å². The van der Waals surface area contributed by atoms with E-state index in [9.17, 15) is 0 Å². The van der Waals surface area contributed by atoms with Crippen LogP contribution in [-0.4, -0.2) is 25.6 Å². The smallest absolute Gasteiger partial charge is 0.206 e. The van der Waals surface area contributed by atoms with E-state index >= 15 is 0 Å². The van der Waals surface area contributed by atoms with Crippen molar-refractivity contribution in [3.05, 3.63) is 22.4 Å². The summed E-state index contributed by atoms with van der Waals surface area (Å²) in [4.78, 5) is 4.17. The van der Waals surface area contributed by atoms with Crippen molar-refractivity contribution in [1.82, 2.24) is 25.6 Å². The molecular formula is C7H6BrN5. The molecule has 0 saturated heterocycles. The van der Waals surface area contributed by atoms with Gasteiger partial charge in [-0.3, -0.25) is 4.98 Å². The van der Waals surface area contributed by atoms with Crippen LogP contribution in [-0.2, 0) is 0 Å². The number of halogens is 1. The molecule has 1 N–H and O–H groups in total. The Hall–Kier alpha value is -1.30. The molecule has 66 valence electrons. The van der Waals surface area contributed by atoms with Crippen molar-refractivity contribution < 1.29 is 0 Å². The molecule has 5 nitrogen and oxygen atoms in total. The highest BCUT2D eigenvalue weighted by Crippen LogP contribution is 2.20. The van der Waals surface area contributed by atoms with Crippen molar-refractivity contribution in [3.63, 3.8) is 0 Å². The SMILES string of the molecule is Cc1ncc(-c2nn[nH]n2)cc1Br. The van der Waals surface area contributed by atoms with Crippen LogP contribution in [0.4, 0.5) is 0 Å². The van der Waals surface area contributed by atoms with Crippen molar-refractivity contribution in [2.75, 3.05) is 0 Å². The summed E-state index contributed by atoms with van der Waals surface area (Å²) in [6.07, 6.45) is 1.71. The molecule has 0 spiro atoms. The summed E-state index contributed by atoms with van der Waals surface area (Å²) in [7, 11) is 0. The third kappa shape index (κ3) is 1.57. The van der Waals surface area contributed by atoms with E-state index in [0.717, 1.165) is 15.7 Å². The Morgan fingerprint density at radius 1 is 1.46 bits per heavy atom. The Morgan fingerprint density at radius 3 is 2.92 bits per heavy atom. The maximum Gasteiger partial charge on any atom is 0.206 e. The lowest BCUT2D eigenvalue weighted by Crippen LogP contribution is -1.87. The van der Waals surface area contributed by atoms with E-state index in [1.165, 1.54) is 0 Å². The maximum atomic E-state index is 4.17. The molecule has 2 aromatic heterocycles. The molecule has 0 unspecified atom stereocenters. The average Bonchev–Trinajstić information content (AvgIpc) is 2.62. The zero-order chi connectivity index (χ0) is 9.26. The van der Waals surface area contributed by atoms with Gasteiger partial charge in [0.05, 0.1) is 5.69 Å². The number of aromatic nitrogens is 5. The van der Waals surface area contributed by atoms with Crippen LogP contribution in [0.3, 0.4) is 0 Å². The second-order valence-corrected chi connectivity index (χ2v) is 3.38. The number of hydrogen-bond donors (Lipinski definition) is 1. The Bertz CT molecular complexity index is 411. The highest BCUT2D eigenvalue weighted by Gasteiger charge is 2.04. The molecule has 0 amide bonds. The van der Waals surface area contributed by atoms with Gasteiger partial charge in [0.1, 0.15) is 0 Å². The Kier molecular flexibility index (Phi) is 2.05. The molecule has 0 aromatic carbocycles. The monoisotopic (exact) mass is 239 g/mol. The molecule has 0 fully saturated rings. The Labute approximate surface area is 82.7 Å². The first-order valence-corrected chi connectivity index (χ1v) is 4.42. The number of aromatic amines is 1. The van der Waals surface area contributed by atoms with Gasteiger partial charge in [0, 0.05) is 16.2 Å². The number of nitrogens with one attached hydrogen (secondary N) is 1. The van der Waals surface area contributed by atoms with E-state index in [1.54, 1.807) is 6.20 Å². The summed E-state index contributed by atoms with van der Waals surface area (Å²) in [5.41, 5.74) is 1.78. The zero-order valence-electron chi connectivity index (χ0n) is 6.82. The predicted molar refractivity (Wildman–Crippen MR) is 49.8 cm³/mol. The lowest BCUT2D eigenvalue weighted by molar-refractivity contribution is 0.881. The third-order valence-corrected chi connectivity index (χ3v) is 2.43. The van der Waals surface area contributed by atoms with Crippen LogP contribution < -0.4 is 0 Å². The largest absolute Gasteiger partial charge is 0.260 e. The van der Waals surface area contributed by atoms with Crippen LogP contribution in [0.1, 0.15) is 5.69 Å². The summed E-state index contributed by atoms with van der Waals surface area (Å²) in [6.45, 7) is 1.92. The molecule has 0 radical (unpaired) electrons. The van der Waals surface area contributed by atoms with Crippen LogP contribution >= 0.6 is 15.9 Å². The lowest BCUT2D eigenvalue weighted by Gasteiger charge is -1.97. The van der Waals surface area contributed by atoms with Crippen molar-refractivity contribution in [2.45, 2.75) is 6.92 Å². The number of H-pyrrole nitrogens is 1. The van der Waals surface area contributed by atoms with E-state index in [0.29, 0.717) is 5.82 Å². The summed E-state index contributed by atoms with van der Waals surface area (Å²) in [6, 6.07) is 1.91. The summed E-state index contributed by atoms with van der Waals surface area (Å²) in [5, 5.41) is 13.6. The first kappa shape index (κ1) is 8.31. The summed E-state index contributed by atoms with van der Waals surface area (Å²) < 4.78 is 0.940. The molecule has 0 atom stereocenters. The first-order valence-electron chi connectivity index (χ1n) is 3.63. The van der Waals surface area contributed by atoms with Crippen LogP contribution in [0.25, 0.3) is 11.4 Å². The molecule has 13 heavy (non-hydrogen) atoms. The van der Waals surface area contributed by atoms with E-state index in [-0.39, 0.29) is 0 Å². The molecule has 0 aliphatic heterocycles. The second-order valence-electron chi connectivity index (χ2n) is 2.53. The van der Waals surface area contributed by atoms with E-state index < -0.39 is 0 Å². The second kappa shape index (κ2) is 3.21. The zero-order valence-corrected chi connectivity index (χ0v) is 8.41. The Balaban J connectivity index is 2.49. The van der Waals surface area contributed by atoms with Crippen LogP contribution in [0, 0.1) is 6.92 Å². The molecule has 0 saturated carbocycles. The number of tetrazole rings is 1. The fourth-order valence-electron chi connectivity index (χ4n) is 0.913. The first-order chi connectivity index (χ1) is 6.27. The highest BCUT2D eigenvalue weighted by atomic mass is 79.9. The Morgan fingerprint density at radius 2 is 2.31 bits per heavy atom. The summed E-state index contributed by atoms with van der Waals surface area (Å²) in [5.74, 6) is 0.549. The van der Waals surface area contributed by atoms with Gasteiger partial charge in [0.2, 0.25) is 5.82 Å². The number of pyridine rings is 1. The minimum absolute atomic E-state index is 0.549. The number of aryl methyl sites for hydroxylation is 1. The van der Waals surface area contributed by atoms with Gasteiger partial charge in [0.25, 0.3) is 0 Å². The topological polar surface area (TPSA) is 67.3 Å². The molecule has 6 heteroatoms. The van der Waals surface area contributed by atoms with Gasteiger partial charge in [-0.15, -0.1) is 10.2 Å². The van der Waals surface area contributed by atoms with Gasteiger partial charge < -0.3 is 0 Å². The van der Waals surface area contributed by atoms with E-state index in [4.69, 9.17) is 0 Å². The highest BCUT2D eigenvalue weighted by molar-refractivity contribution is 9.10. The molecule has 0 aliphatic rings. The van der Waals surface area contributed by atoms with Crippen molar-refractivity contribution in [1.29, 1.82) is 0 Å². The molecule has 0 bridgehead atoms. The van der Waals surface area contributed by atoms with Gasteiger partial charge in [0.15, 0.2) is 0 Å². The quantitative estimate of drug-likeness (QED) is 0.816. The standard InChI is InChI=1S/C7H6BrN5/c1-4-6(8)2-5(3-9-4)7-10-12-13-11-7/h2-3H,1H3,(H,10,11,12,13). The van der Waals surface area contributed by atoms with Gasteiger partial charge in [-0.2, -0.15) is 5.21 Å². The normalized spacial score (nSPS) is 10.3. The molecule has 2 rings (SSSR count). The van der Waals surface area contributed by atoms with Crippen molar-refractivity contribution in [2.24, 2.45) is 0 Å². The molecule has 2 heterocycles. The predicted octanol–water partition coefficient (Wildman–Crippen LogP) is 1.33. The van der Waals surface area contributed by atoms with Gasteiger partial charge in [-0.25, -0.2) is 0 Å². The van der Waals surface area contributed by atoms with Crippen molar-refractivity contribution in [3.8, 4) is 11.4 Å². The minimum Gasteiger partial charge on any atom is -0.260 e. The minimum atomic E-state index is 0.549. The average molecular weight is 240 g/mol.